The van der Waals surface area contributed by atoms with Gasteiger partial charge in [-0.05, 0) is 32.6 Å². The van der Waals surface area contributed by atoms with E-state index in [1.165, 1.54) is 6.92 Å². The zero-order valence-corrected chi connectivity index (χ0v) is 11.9. The number of hydrogen-bond acceptors (Lipinski definition) is 2. The summed E-state index contributed by atoms with van der Waals surface area (Å²) in [5.41, 5.74) is -1.05. The molecule has 1 fully saturated rings. The smallest absolute Gasteiger partial charge is 0.456 e. The molecule has 0 saturated heterocycles. The summed E-state index contributed by atoms with van der Waals surface area (Å²) < 4.78 is 82.3. The monoisotopic (exact) mass is 338 g/mol. The Morgan fingerprint density at radius 2 is 1.55 bits per heavy atom. The van der Waals surface area contributed by atoms with E-state index >= 15 is 0 Å². The summed E-state index contributed by atoms with van der Waals surface area (Å²) in [5, 5.41) is 0. The molecule has 0 aromatic rings. The van der Waals surface area contributed by atoms with Crippen LogP contribution in [-0.2, 0) is 9.53 Å². The summed E-state index contributed by atoms with van der Waals surface area (Å²) in [6.45, 7) is 3.14. The number of esters is 1. The molecule has 0 aromatic carbocycles. The van der Waals surface area contributed by atoms with E-state index in [0.717, 1.165) is 0 Å². The Morgan fingerprint density at radius 1 is 1.14 bits per heavy atom. The molecule has 22 heavy (non-hydrogen) atoms. The summed E-state index contributed by atoms with van der Waals surface area (Å²) >= 11 is 0. The molecule has 0 aromatic heterocycles. The molecule has 130 valence electrons. The van der Waals surface area contributed by atoms with Gasteiger partial charge in [0.1, 0.15) is 5.60 Å². The van der Waals surface area contributed by atoms with Gasteiger partial charge in [-0.15, -0.1) is 17.6 Å². The molecule has 0 bridgehead atoms. The van der Waals surface area contributed by atoms with Crippen LogP contribution in [0.1, 0.15) is 39.0 Å². The Labute approximate surface area is 123 Å². The minimum atomic E-state index is -5.50. The first-order valence-corrected chi connectivity index (χ1v) is 6.38. The van der Waals surface area contributed by atoms with Crippen molar-refractivity contribution in [2.45, 2.75) is 57.0 Å². The first-order chi connectivity index (χ1) is 9.80. The Bertz CT molecular complexity index is 378. The van der Waals surface area contributed by atoms with Gasteiger partial charge in [-0.3, -0.25) is 0 Å². The third-order valence-electron chi connectivity index (χ3n) is 2.95. The average Bonchev–Trinajstić information content (AvgIpc) is 2.74. The van der Waals surface area contributed by atoms with Crippen LogP contribution < -0.4 is 0 Å². The van der Waals surface area contributed by atoms with Crippen molar-refractivity contribution in [3.8, 4) is 0 Å². The average molecular weight is 338 g/mol. The lowest BCUT2D eigenvalue weighted by molar-refractivity contribution is -0.237. The molecule has 0 unspecified atom stereocenters. The van der Waals surface area contributed by atoms with Crippen LogP contribution in [0.15, 0.2) is 12.2 Å². The van der Waals surface area contributed by atoms with Crippen molar-refractivity contribution < 1.29 is 40.3 Å². The zero-order valence-electron chi connectivity index (χ0n) is 11.9. The van der Waals surface area contributed by atoms with Crippen LogP contribution in [0.25, 0.3) is 0 Å². The second-order valence-electron chi connectivity index (χ2n) is 5.15. The second kappa shape index (κ2) is 7.82. The predicted octanol–water partition coefficient (Wildman–Crippen LogP) is 4.89. The van der Waals surface area contributed by atoms with Crippen molar-refractivity contribution in [2.75, 3.05) is 6.67 Å². The fraction of sp³-hybridized carbons (Fsp3) is 0.769. The summed E-state index contributed by atoms with van der Waals surface area (Å²) in [5.74, 6) is -4.11. The summed E-state index contributed by atoms with van der Waals surface area (Å²) in [6.07, 6.45) is -4.09. The Kier molecular flexibility index (Phi) is 7.37. The van der Waals surface area contributed by atoms with Crippen molar-refractivity contribution in [1.29, 1.82) is 0 Å². The minimum absolute atomic E-state index is 0.167. The molecule has 2 nitrogen and oxygen atoms in total. The first kappa shape index (κ1) is 20.7. The van der Waals surface area contributed by atoms with E-state index in [9.17, 15) is 35.5 Å². The van der Waals surface area contributed by atoms with E-state index in [0.29, 0.717) is 25.7 Å². The Morgan fingerprint density at radius 3 is 1.86 bits per heavy atom. The quantitative estimate of drug-likeness (QED) is 0.405. The highest BCUT2D eigenvalue weighted by Gasteiger charge is 2.46. The molecule has 1 rings (SSSR count). The molecule has 9 heteroatoms. The van der Waals surface area contributed by atoms with Gasteiger partial charge in [0, 0.05) is 5.57 Å². The molecule has 0 N–H and O–H groups in total. The maximum Gasteiger partial charge on any atom is 0.559 e. The Hall–Kier alpha value is -1.28. The molecular weight excluding hydrogens is 321 g/mol. The largest absolute Gasteiger partial charge is 0.559 e. The lowest BCUT2D eigenvalue weighted by Crippen LogP contribution is -2.39. The van der Waals surface area contributed by atoms with Gasteiger partial charge in [0.25, 0.3) is 5.92 Å². The van der Waals surface area contributed by atoms with E-state index < -0.39 is 37.0 Å². The lowest BCUT2D eigenvalue weighted by atomic mass is 9.93. The number of halogens is 7. The van der Waals surface area contributed by atoms with Crippen molar-refractivity contribution in [2.24, 2.45) is 0 Å². The molecule has 1 saturated carbocycles. The molecule has 0 amide bonds. The number of ether oxygens (including phenoxy) is 1. The second-order valence-corrected chi connectivity index (χ2v) is 5.15. The number of alkyl halides is 7. The summed E-state index contributed by atoms with van der Waals surface area (Å²) in [7, 11) is 0. The van der Waals surface area contributed by atoms with Gasteiger partial charge < -0.3 is 4.74 Å². The van der Waals surface area contributed by atoms with Gasteiger partial charge in [0.05, 0.1) is 6.42 Å². The molecule has 1 aliphatic rings. The highest BCUT2D eigenvalue weighted by Crippen LogP contribution is 2.41. The van der Waals surface area contributed by atoms with E-state index in [-0.39, 0.29) is 5.57 Å². The van der Waals surface area contributed by atoms with Gasteiger partial charge in [0.15, 0.2) is 6.67 Å². The number of carbonyl (C=O) groups is 1. The van der Waals surface area contributed by atoms with Gasteiger partial charge in [-0.25, -0.2) is 18.0 Å². The van der Waals surface area contributed by atoms with Crippen LogP contribution in [0.3, 0.4) is 0 Å². The maximum atomic E-state index is 13.1. The highest BCUT2D eigenvalue weighted by atomic mass is 19.5. The topological polar surface area (TPSA) is 26.3 Å². The van der Waals surface area contributed by atoms with Crippen molar-refractivity contribution in [1.82, 2.24) is 0 Å². The Balaban J connectivity index is 0.000000763. The molecule has 0 atom stereocenters. The number of carbonyl (C=O) groups excluding carboxylic acids is 1. The summed E-state index contributed by atoms with van der Waals surface area (Å²) in [4.78, 5) is 11.4. The van der Waals surface area contributed by atoms with Crippen molar-refractivity contribution >= 4 is 5.97 Å². The van der Waals surface area contributed by atoms with Crippen molar-refractivity contribution in [3.63, 3.8) is 0 Å². The molecular formula is C13H17F7O2. The van der Waals surface area contributed by atoms with E-state index in [1.54, 1.807) is 0 Å². The minimum Gasteiger partial charge on any atom is -0.456 e. The molecule has 1 aliphatic carbocycles. The maximum absolute atomic E-state index is 13.1. The number of rotatable bonds is 5. The van der Waals surface area contributed by atoms with Crippen LogP contribution >= 0.6 is 0 Å². The fourth-order valence-electron chi connectivity index (χ4n) is 2.14. The van der Waals surface area contributed by atoms with Crippen molar-refractivity contribution in [3.05, 3.63) is 12.2 Å². The highest BCUT2D eigenvalue weighted by molar-refractivity contribution is 5.87. The summed E-state index contributed by atoms with van der Waals surface area (Å²) in [6, 6.07) is 0. The number of hydrogen-bond donors (Lipinski definition) is 0. The molecule has 0 heterocycles. The molecule has 0 aliphatic heterocycles. The van der Waals surface area contributed by atoms with Crippen LogP contribution in [-0.4, -0.2) is 30.6 Å². The third-order valence-corrected chi connectivity index (χ3v) is 2.95. The van der Waals surface area contributed by atoms with Crippen LogP contribution in [0.5, 0.6) is 0 Å². The third kappa shape index (κ3) is 8.89. The predicted molar refractivity (Wildman–Crippen MR) is 64.8 cm³/mol. The van der Waals surface area contributed by atoms with Crippen LogP contribution in [0.4, 0.5) is 30.7 Å². The van der Waals surface area contributed by atoms with Gasteiger partial charge >= 0.3 is 12.4 Å². The fourth-order valence-corrected chi connectivity index (χ4v) is 2.14. The van der Waals surface area contributed by atoms with E-state index in [1.807, 2.05) is 0 Å². The van der Waals surface area contributed by atoms with Gasteiger partial charge in [-0.2, -0.15) is 0 Å². The SMILES string of the molecule is C=C(C)C(=O)OC1(CC(F)(F)CF)CCCC1.FC(F)(F)F. The van der Waals surface area contributed by atoms with Crippen LogP contribution in [0.2, 0.25) is 0 Å². The standard InChI is InChI=1S/C12H17F3O2.CF4/c1-9(2)10(16)17-11(5-3-4-6-11)7-12(14,15)8-13;2-1(3,4)5/h1,3-8H2,2H3;. The van der Waals surface area contributed by atoms with Crippen LogP contribution in [0, 0.1) is 0 Å². The van der Waals surface area contributed by atoms with E-state index in [2.05, 4.69) is 6.58 Å². The van der Waals surface area contributed by atoms with E-state index in [4.69, 9.17) is 4.74 Å². The van der Waals surface area contributed by atoms with Gasteiger partial charge in [-0.1, -0.05) is 6.58 Å². The normalized spacial score (nSPS) is 17.5. The van der Waals surface area contributed by atoms with Gasteiger partial charge in [0.2, 0.25) is 0 Å². The molecule has 0 spiro atoms. The molecule has 0 radical (unpaired) electrons. The first-order valence-electron chi connectivity index (χ1n) is 6.38. The lowest BCUT2D eigenvalue weighted by Gasteiger charge is -2.31. The zero-order chi connectivity index (χ0) is 17.6.